The van der Waals surface area contributed by atoms with Gasteiger partial charge in [0.25, 0.3) is 5.91 Å². The Hall–Kier alpha value is -7.46. The minimum absolute atomic E-state index is 0.107. The molecule has 0 aliphatic heterocycles. The number of carbonyl (C=O) groups is 3. The third-order valence-electron chi connectivity index (χ3n) is 11.4. The van der Waals surface area contributed by atoms with Crippen molar-refractivity contribution in [2.24, 2.45) is 0 Å². The molecule has 0 unspecified atom stereocenters. The first kappa shape index (κ1) is 61.4. The number of fused-ring (bicyclic) bond motifs is 1. The Labute approximate surface area is 457 Å². The van der Waals surface area contributed by atoms with Crippen molar-refractivity contribution >= 4 is 75.1 Å². The van der Waals surface area contributed by atoms with E-state index in [1.807, 2.05) is 33.9 Å². The zero-order chi connectivity index (χ0) is 57.3. The predicted octanol–water partition coefficient (Wildman–Crippen LogP) is 13.1. The van der Waals surface area contributed by atoms with E-state index >= 15 is 0 Å². The molecule has 4 heterocycles. The highest BCUT2D eigenvalue weighted by Gasteiger charge is 2.31. The number of halogens is 8. The molecule has 0 bridgehead atoms. The van der Waals surface area contributed by atoms with Crippen LogP contribution in [0.25, 0.3) is 22.4 Å². The number of rotatable bonds is 12. The number of nitrogens with two attached hydrogens (primary N) is 1. The molecule has 78 heavy (non-hydrogen) atoms. The average molecular weight is 1130 g/mol. The second-order valence-corrected chi connectivity index (χ2v) is 19.7. The maximum atomic E-state index is 13.7. The maximum Gasteiger partial charge on any atom is 0.446 e. The summed E-state index contributed by atoms with van der Waals surface area (Å²) in [7, 11) is 0. The van der Waals surface area contributed by atoms with Crippen LogP contribution in [0, 0.1) is 17.5 Å². The van der Waals surface area contributed by atoms with Crippen LogP contribution in [0.5, 0.6) is 0 Å². The molecule has 4 aromatic heterocycles. The molecule has 0 radical (unpaired) electrons. The van der Waals surface area contributed by atoms with E-state index in [4.69, 9.17) is 43.8 Å². The second kappa shape index (κ2) is 28.8. The van der Waals surface area contributed by atoms with E-state index in [0.717, 1.165) is 72.3 Å². The number of aromatic nitrogens is 8. The van der Waals surface area contributed by atoms with Gasteiger partial charge in [0.05, 0.1) is 72.9 Å². The van der Waals surface area contributed by atoms with Crippen LogP contribution in [0.15, 0.2) is 92.2 Å². The lowest BCUT2D eigenvalue weighted by Gasteiger charge is -2.14. The molecule has 6 N–H and O–H groups in total. The van der Waals surface area contributed by atoms with Crippen LogP contribution in [-0.4, -0.2) is 86.3 Å². The van der Waals surface area contributed by atoms with Crippen LogP contribution < -0.4 is 21.7 Å². The van der Waals surface area contributed by atoms with Gasteiger partial charge in [-0.1, -0.05) is 41.5 Å². The maximum absolute atomic E-state index is 13.7. The highest BCUT2D eigenvalue weighted by molar-refractivity contribution is 6.40. The van der Waals surface area contributed by atoms with Crippen LogP contribution >= 0.6 is 23.2 Å². The van der Waals surface area contributed by atoms with Crippen molar-refractivity contribution in [2.45, 2.75) is 122 Å². The van der Waals surface area contributed by atoms with Gasteiger partial charge in [-0.3, -0.25) is 9.59 Å². The Morgan fingerprint density at radius 1 is 0.692 bits per heavy atom. The summed E-state index contributed by atoms with van der Waals surface area (Å²) >= 11 is 9.53. The van der Waals surface area contributed by atoms with E-state index in [1.54, 1.807) is 30.6 Å². The van der Waals surface area contributed by atoms with Gasteiger partial charge in [-0.15, -0.1) is 23.2 Å². The summed E-state index contributed by atoms with van der Waals surface area (Å²) in [5, 5.41) is 18.2. The molecule has 416 valence electrons. The van der Waals surface area contributed by atoms with E-state index in [-0.39, 0.29) is 52.0 Å². The summed E-state index contributed by atoms with van der Waals surface area (Å²) in [6, 6.07) is 14.7. The fourth-order valence-corrected chi connectivity index (χ4v) is 7.35. The summed E-state index contributed by atoms with van der Waals surface area (Å²) in [6.45, 7) is 11.9. The van der Waals surface area contributed by atoms with E-state index in [0.29, 0.717) is 52.1 Å². The number of anilines is 4. The molecule has 7 aromatic rings. The number of carboxylic acids is 1. The number of aldehydes is 1. The summed E-state index contributed by atoms with van der Waals surface area (Å²) in [5.41, 5.74) is 13.6. The minimum Gasteiger partial charge on any atom is -0.478 e. The Balaban J connectivity index is 0.000000188. The van der Waals surface area contributed by atoms with Crippen LogP contribution in [-0.2, 0) is 4.79 Å². The molecule has 1 amide bonds. The van der Waals surface area contributed by atoms with Crippen molar-refractivity contribution in [3.05, 3.63) is 138 Å². The highest BCUT2D eigenvalue weighted by Crippen LogP contribution is 2.42. The van der Waals surface area contributed by atoms with Crippen molar-refractivity contribution in [3.8, 4) is 11.4 Å². The Morgan fingerprint density at radius 2 is 1.15 bits per heavy atom. The van der Waals surface area contributed by atoms with E-state index < -0.39 is 18.4 Å². The third-order valence-corrected chi connectivity index (χ3v) is 11.4. The summed E-state index contributed by atoms with van der Waals surface area (Å²) in [6.07, 6.45) is 9.99. The third kappa shape index (κ3) is 18.9. The molecule has 3 saturated carbocycles. The zero-order valence-electron chi connectivity index (χ0n) is 43.5. The van der Waals surface area contributed by atoms with Crippen LogP contribution in [0.4, 0.5) is 49.1 Å². The van der Waals surface area contributed by atoms with Crippen LogP contribution in [0.3, 0.4) is 0 Å². The van der Waals surface area contributed by atoms with Gasteiger partial charge >= 0.3 is 12.1 Å². The Morgan fingerprint density at radius 3 is 1.65 bits per heavy atom. The number of amides is 1. The van der Waals surface area contributed by atoms with Crippen molar-refractivity contribution in [1.29, 1.82) is 0 Å². The van der Waals surface area contributed by atoms with Crippen LogP contribution in [0.2, 0.25) is 0 Å². The summed E-state index contributed by atoms with van der Waals surface area (Å²) in [5.74, 6) is -0.720. The van der Waals surface area contributed by atoms with Gasteiger partial charge in [0, 0.05) is 36.7 Å². The monoisotopic (exact) mass is 1120 g/mol. The van der Waals surface area contributed by atoms with E-state index in [9.17, 15) is 35.9 Å². The molecule has 3 aliphatic carbocycles. The normalized spacial score (nSPS) is 13.4. The number of nitrogens with one attached hydrogen (secondary N) is 3. The van der Waals surface area contributed by atoms with E-state index in [2.05, 4.69) is 64.3 Å². The summed E-state index contributed by atoms with van der Waals surface area (Å²) in [4.78, 5) is 60.9. The number of alkyl halides is 5. The number of aromatic carboxylic acids is 1. The number of nitrogen functional groups attached to an aromatic ring is 1. The van der Waals surface area contributed by atoms with Gasteiger partial charge < -0.3 is 31.4 Å². The van der Waals surface area contributed by atoms with Crippen molar-refractivity contribution in [1.82, 2.24) is 39.5 Å². The molecule has 3 aromatic carbocycles. The number of hydrogen-bond acceptors (Lipinski definition) is 13. The van der Waals surface area contributed by atoms with Gasteiger partial charge in [0.15, 0.2) is 0 Å². The predicted molar refractivity (Wildman–Crippen MR) is 289 cm³/mol. The molecule has 16 nitrogen and oxygen atoms in total. The van der Waals surface area contributed by atoms with Crippen molar-refractivity contribution in [2.75, 3.05) is 27.0 Å². The lowest BCUT2D eigenvalue weighted by Crippen LogP contribution is -2.17. The molecule has 0 saturated heterocycles. The second-order valence-electron chi connectivity index (χ2n) is 18.9. The first-order valence-electron chi connectivity index (χ1n) is 24.7. The molecule has 3 aliphatic rings. The Kier molecular flexibility index (Phi) is 22.7. The molecule has 24 heteroatoms. The van der Waals surface area contributed by atoms with Gasteiger partial charge in [0.1, 0.15) is 42.3 Å². The summed E-state index contributed by atoms with van der Waals surface area (Å²) < 4.78 is 73.3. The number of nitrogens with zero attached hydrogens (tertiary/aromatic N) is 8. The lowest BCUT2D eigenvalue weighted by atomic mass is 10.0. The molecule has 0 atom stereocenters. The van der Waals surface area contributed by atoms with E-state index in [1.165, 1.54) is 55.4 Å². The lowest BCUT2D eigenvalue weighted by molar-refractivity contribution is -0.156. The number of hydrogen-bond donors (Lipinski definition) is 5. The number of carbonyl (C=O) groups excluding carboxylic acids is 2. The SMILES string of the molecule is CC(C)c1ncncc1-c1nc2ccc(F)cc2n1C1CC1.CC(C)c1ncncc1C(=O)Nc1ccc(F)cc1NC1CC1.CC(C)c1ncncc1C(=O)O.ClCCl.Nc1ccc(F)cc1NC1CC1.O=CC(F)(F)F. The smallest absolute Gasteiger partial charge is 0.446 e. The number of carboxylic acid groups (broad SMARTS) is 1. The van der Waals surface area contributed by atoms with Gasteiger partial charge in [-0.25, -0.2) is 52.9 Å². The molecule has 3 fully saturated rings. The van der Waals surface area contributed by atoms with Crippen molar-refractivity contribution < 1.29 is 45.8 Å². The molecule has 0 spiro atoms. The minimum atomic E-state index is -4.64. The first-order chi connectivity index (χ1) is 37.0. The fourth-order valence-electron chi connectivity index (χ4n) is 7.35. The standard InChI is InChI=1S/C17H19FN4O.C17H17FN4.C9H11FN2.C8H10N2O2.C2HF3O.CH2Cl2/c1-10(2)16-13(8-19-9-20-16)17(23)22-14-6-3-11(18)7-15(14)21-12-4-5-12;1-10(2)16-13(8-19-9-20-16)17-21-14-6-3-11(18)7-15(14)22(17)12-4-5-12;10-6-1-4-8(11)9(5-6)12-7-2-3-7;1-5(2)7-6(8(11)12)3-9-4-10-7;3-2(4,5)1-6;2-1-3/h3,6-10,12,21H,4-5H2,1-2H3,(H,22,23);3,6-10,12H,4-5H2,1-2H3;1,4-5,7,12H,2-3,11H2;3-5H,1-2H3,(H,11,12);1H;1H2. The topological polar surface area (TPSA) is 229 Å². The van der Waals surface area contributed by atoms with Gasteiger partial charge in [-0.2, -0.15) is 13.2 Å². The van der Waals surface area contributed by atoms with Crippen LogP contribution in [0.1, 0.15) is 142 Å². The molecule has 10 rings (SSSR count). The quantitative estimate of drug-likeness (QED) is 0.0332. The largest absolute Gasteiger partial charge is 0.478 e. The first-order valence-corrected chi connectivity index (χ1v) is 25.8. The molecular formula is C54H60Cl2F6N12O4. The fraction of sp³-hybridized carbons (Fsp3) is 0.370. The van der Waals surface area contributed by atoms with Crippen molar-refractivity contribution in [3.63, 3.8) is 0 Å². The van der Waals surface area contributed by atoms with Gasteiger partial charge in [-0.05, 0) is 111 Å². The number of benzene rings is 3. The molecular weight excluding hydrogens is 1070 g/mol. The number of imidazole rings is 1. The average Bonchev–Trinajstić information content (AvgIpc) is 4.33. The highest BCUT2D eigenvalue weighted by atomic mass is 35.5. The Bertz CT molecular complexity index is 3120. The zero-order valence-corrected chi connectivity index (χ0v) is 45.0. The van der Waals surface area contributed by atoms with Gasteiger partial charge in [0.2, 0.25) is 6.29 Å².